The van der Waals surface area contributed by atoms with Crippen LogP contribution in [0.2, 0.25) is 5.15 Å². The summed E-state index contributed by atoms with van der Waals surface area (Å²) in [5, 5.41) is 9.57. The quantitative estimate of drug-likeness (QED) is 0.346. The van der Waals surface area contributed by atoms with Crippen molar-refractivity contribution < 1.29 is 0 Å². The van der Waals surface area contributed by atoms with E-state index in [9.17, 15) is 0 Å². The number of hydrogen-bond donors (Lipinski definition) is 1. The number of H-pyrrole nitrogens is 1. The molecule has 130 valence electrons. The Kier molecular flexibility index (Phi) is 5.15. The Labute approximate surface area is 164 Å². The molecule has 4 nitrogen and oxygen atoms in total. The summed E-state index contributed by atoms with van der Waals surface area (Å²) in [5.41, 5.74) is 2.91. The van der Waals surface area contributed by atoms with Gasteiger partial charge in [0, 0.05) is 27.2 Å². The third-order valence-corrected chi connectivity index (χ3v) is 5.87. The van der Waals surface area contributed by atoms with Crippen molar-refractivity contribution in [3.63, 3.8) is 0 Å². The van der Waals surface area contributed by atoms with Crippen molar-refractivity contribution in [1.82, 2.24) is 20.2 Å². The molecule has 26 heavy (non-hydrogen) atoms. The molecule has 0 aliphatic carbocycles. The van der Waals surface area contributed by atoms with Crippen LogP contribution < -0.4 is 0 Å². The topological polar surface area (TPSA) is 54.5 Å². The monoisotopic (exact) mass is 398 g/mol. The summed E-state index contributed by atoms with van der Waals surface area (Å²) in [7, 11) is 0. The van der Waals surface area contributed by atoms with Crippen LogP contribution in [0.25, 0.3) is 22.3 Å². The number of pyridine rings is 1. The first-order valence-electron chi connectivity index (χ1n) is 7.97. The van der Waals surface area contributed by atoms with Gasteiger partial charge in [0.2, 0.25) is 5.16 Å². The maximum Gasteiger partial charge on any atom is 0.209 e. The molecule has 7 heteroatoms. The van der Waals surface area contributed by atoms with Gasteiger partial charge in [-0.1, -0.05) is 59.8 Å². The number of rotatable bonds is 5. The van der Waals surface area contributed by atoms with E-state index >= 15 is 0 Å². The summed E-state index contributed by atoms with van der Waals surface area (Å²) in [5.74, 6) is 1.43. The third-order valence-electron chi connectivity index (χ3n) is 3.92. The first-order valence-corrected chi connectivity index (χ1v) is 10.6. The van der Waals surface area contributed by atoms with Gasteiger partial charge in [0.1, 0.15) is 5.15 Å². The van der Waals surface area contributed by atoms with E-state index in [1.807, 2.05) is 36.6 Å². The minimum atomic E-state index is 0.530. The van der Waals surface area contributed by atoms with Crippen LogP contribution in [-0.4, -0.2) is 26.4 Å². The van der Waals surface area contributed by atoms with Gasteiger partial charge in [0.25, 0.3) is 0 Å². The van der Waals surface area contributed by atoms with Crippen molar-refractivity contribution in [3.8, 4) is 11.4 Å². The molecule has 2 aromatic carbocycles. The van der Waals surface area contributed by atoms with E-state index in [1.54, 1.807) is 11.8 Å². The van der Waals surface area contributed by atoms with Crippen LogP contribution in [0.4, 0.5) is 0 Å². The largest absolute Gasteiger partial charge is 0.258 e. The number of thioether (sulfide) groups is 2. The molecule has 0 unspecified atom stereocenters. The Balaban J connectivity index is 1.53. The van der Waals surface area contributed by atoms with Crippen molar-refractivity contribution in [2.45, 2.75) is 15.8 Å². The van der Waals surface area contributed by atoms with Gasteiger partial charge in [-0.05, 0) is 24.5 Å². The number of aromatic nitrogens is 4. The Morgan fingerprint density at radius 2 is 1.88 bits per heavy atom. The number of benzene rings is 2. The zero-order valence-electron chi connectivity index (χ0n) is 13.9. The maximum absolute atomic E-state index is 6.39. The summed E-state index contributed by atoms with van der Waals surface area (Å²) in [6, 6.07) is 18.3. The minimum absolute atomic E-state index is 0.530. The lowest BCUT2D eigenvalue weighted by Gasteiger charge is -2.06. The molecule has 4 aromatic rings. The van der Waals surface area contributed by atoms with Gasteiger partial charge >= 0.3 is 0 Å². The van der Waals surface area contributed by atoms with Crippen molar-refractivity contribution >= 4 is 46.0 Å². The van der Waals surface area contributed by atoms with Crippen LogP contribution in [0.3, 0.4) is 0 Å². The molecule has 0 atom stereocenters. The summed E-state index contributed by atoms with van der Waals surface area (Å²) in [6.07, 6.45) is 2.05. The molecule has 0 saturated heterocycles. The van der Waals surface area contributed by atoms with Crippen LogP contribution in [0, 0.1) is 0 Å². The Hall–Kier alpha value is -2.02. The first-order chi connectivity index (χ1) is 12.7. The van der Waals surface area contributed by atoms with Gasteiger partial charge in [-0.3, -0.25) is 5.10 Å². The summed E-state index contributed by atoms with van der Waals surface area (Å²) in [6.45, 7) is 0. The highest BCUT2D eigenvalue weighted by Crippen LogP contribution is 2.29. The van der Waals surface area contributed by atoms with Gasteiger partial charge in [-0.25, -0.2) is 9.97 Å². The fourth-order valence-corrected chi connectivity index (χ4v) is 4.07. The highest BCUT2D eigenvalue weighted by Gasteiger charge is 2.10. The van der Waals surface area contributed by atoms with Crippen LogP contribution in [0.15, 0.2) is 64.6 Å². The Morgan fingerprint density at radius 3 is 2.69 bits per heavy atom. The predicted molar refractivity (Wildman–Crippen MR) is 110 cm³/mol. The highest BCUT2D eigenvalue weighted by atomic mass is 35.5. The fraction of sp³-hybridized carbons (Fsp3) is 0.105. The molecule has 0 amide bonds. The van der Waals surface area contributed by atoms with Crippen LogP contribution in [-0.2, 0) is 5.75 Å². The number of nitrogens with zero attached hydrogens (tertiary/aromatic N) is 3. The summed E-state index contributed by atoms with van der Waals surface area (Å²) >= 11 is 9.62. The number of hydrogen-bond acceptors (Lipinski definition) is 5. The maximum atomic E-state index is 6.39. The second kappa shape index (κ2) is 7.70. The molecule has 2 heterocycles. The molecule has 0 fully saturated rings. The molecule has 0 saturated carbocycles. The van der Waals surface area contributed by atoms with E-state index in [2.05, 4.69) is 44.4 Å². The van der Waals surface area contributed by atoms with E-state index in [0.717, 1.165) is 27.9 Å². The Morgan fingerprint density at radius 1 is 1.04 bits per heavy atom. The second-order valence-corrected chi connectivity index (χ2v) is 7.80. The SMILES string of the molecule is CSc1ccc2cc(CSc3n[nH]c(-c4ccccc4)n3)c(Cl)nc2c1. The average Bonchev–Trinajstić information content (AvgIpc) is 3.15. The van der Waals surface area contributed by atoms with Crippen LogP contribution in [0.1, 0.15) is 5.56 Å². The van der Waals surface area contributed by atoms with E-state index in [4.69, 9.17) is 11.6 Å². The van der Waals surface area contributed by atoms with Gasteiger partial charge in [0.15, 0.2) is 5.82 Å². The van der Waals surface area contributed by atoms with Gasteiger partial charge in [-0.2, -0.15) is 0 Å². The van der Waals surface area contributed by atoms with Crippen LogP contribution in [0.5, 0.6) is 0 Å². The van der Waals surface area contributed by atoms with Crippen LogP contribution >= 0.6 is 35.1 Å². The number of fused-ring (bicyclic) bond motifs is 1. The smallest absolute Gasteiger partial charge is 0.209 e. The molecule has 0 aliphatic heterocycles. The van der Waals surface area contributed by atoms with E-state index < -0.39 is 0 Å². The zero-order valence-corrected chi connectivity index (χ0v) is 16.3. The summed E-state index contributed by atoms with van der Waals surface area (Å²) < 4.78 is 0. The molecule has 4 rings (SSSR count). The molecule has 1 N–H and O–H groups in total. The normalized spacial score (nSPS) is 11.2. The number of aromatic amines is 1. The lowest BCUT2D eigenvalue weighted by atomic mass is 10.2. The lowest BCUT2D eigenvalue weighted by Crippen LogP contribution is -1.90. The van der Waals surface area contributed by atoms with E-state index in [-0.39, 0.29) is 0 Å². The van der Waals surface area contributed by atoms with Crippen molar-refractivity contribution in [2.75, 3.05) is 6.26 Å². The van der Waals surface area contributed by atoms with E-state index in [1.165, 1.54) is 16.7 Å². The van der Waals surface area contributed by atoms with Gasteiger partial charge in [-0.15, -0.1) is 16.9 Å². The molecule has 0 spiro atoms. The second-order valence-electron chi connectivity index (χ2n) is 5.62. The first kappa shape index (κ1) is 17.4. The Bertz CT molecular complexity index is 1050. The lowest BCUT2D eigenvalue weighted by molar-refractivity contribution is 0.973. The third kappa shape index (κ3) is 3.72. The van der Waals surface area contributed by atoms with Crippen molar-refractivity contribution in [2.24, 2.45) is 0 Å². The molecule has 0 radical (unpaired) electrons. The number of halogens is 1. The van der Waals surface area contributed by atoms with Crippen molar-refractivity contribution in [3.05, 3.63) is 65.3 Å². The molecule has 2 aromatic heterocycles. The number of nitrogens with one attached hydrogen (secondary N) is 1. The molecule has 0 bridgehead atoms. The zero-order chi connectivity index (χ0) is 17.9. The van der Waals surface area contributed by atoms with Crippen molar-refractivity contribution in [1.29, 1.82) is 0 Å². The van der Waals surface area contributed by atoms with Gasteiger partial charge < -0.3 is 0 Å². The standard InChI is InChI=1S/C19H15ClN4S2/c1-25-15-8-7-13-9-14(17(20)21-16(13)10-15)11-26-19-22-18(23-24-19)12-5-3-2-4-6-12/h2-10H,11H2,1H3,(H,22,23,24). The summed E-state index contributed by atoms with van der Waals surface area (Å²) in [4.78, 5) is 10.3. The molecular weight excluding hydrogens is 384 g/mol. The average molecular weight is 399 g/mol. The molecule has 0 aliphatic rings. The van der Waals surface area contributed by atoms with Gasteiger partial charge in [0.05, 0.1) is 5.52 Å². The minimum Gasteiger partial charge on any atom is -0.258 e. The fourth-order valence-electron chi connectivity index (χ4n) is 2.57. The molecular formula is C19H15ClN4S2. The highest BCUT2D eigenvalue weighted by molar-refractivity contribution is 7.98. The van der Waals surface area contributed by atoms with E-state index in [0.29, 0.717) is 16.1 Å². The predicted octanol–water partition coefficient (Wildman–Crippen LogP) is 5.69.